The van der Waals surface area contributed by atoms with Gasteiger partial charge in [0.05, 0.1) is 12.7 Å². The molecule has 0 radical (unpaired) electrons. The fourth-order valence-corrected chi connectivity index (χ4v) is 4.18. The molecule has 0 bridgehead atoms. The monoisotopic (exact) mass is 347 g/mol. The summed E-state index contributed by atoms with van der Waals surface area (Å²) in [6, 6.07) is 11.5. The van der Waals surface area contributed by atoms with E-state index in [1.54, 1.807) is 12.1 Å². The maximum absolute atomic E-state index is 12.5. The number of cyclic esters (lactones) is 1. The normalized spacial score (nSPS) is 18.7. The van der Waals surface area contributed by atoms with Crippen LogP contribution in [-0.2, 0) is 16.0 Å². The Labute approximate surface area is 149 Å². The van der Waals surface area contributed by atoms with Crippen LogP contribution in [0.3, 0.4) is 0 Å². The van der Waals surface area contributed by atoms with Gasteiger partial charge in [0.1, 0.15) is 6.61 Å². The van der Waals surface area contributed by atoms with E-state index in [0.717, 1.165) is 34.0 Å². The zero-order chi connectivity index (χ0) is 17.8. The highest BCUT2D eigenvalue weighted by Gasteiger charge is 2.39. The highest BCUT2D eigenvalue weighted by molar-refractivity contribution is 5.98. The van der Waals surface area contributed by atoms with Crippen LogP contribution in [0.5, 0.6) is 11.5 Å². The smallest absolute Gasteiger partial charge is 0.335 e. The molecule has 130 valence electrons. The first-order valence-corrected chi connectivity index (χ1v) is 8.52. The number of methoxy groups -OCH3 is 1. The molecule has 0 spiro atoms. The van der Waals surface area contributed by atoms with Crippen molar-refractivity contribution in [2.45, 2.75) is 12.3 Å². The van der Waals surface area contributed by atoms with Crippen molar-refractivity contribution in [1.29, 1.82) is 0 Å². The van der Waals surface area contributed by atoms with Gasteiger partial charge in [-0.2, -0.15) is 0 Å². The molecule has 1 aliphatic heterocycles. The van der Waals surface area contributed by atoms with Gasteiger partial charge in [-0.25, -0.2) is 4.79 Å². The molecular weight excluding hydrogens is 330 g/mol. The predicted molar refractivity (Wildman–Crippen MR) is 96.5 cm³/mol. The first-order chi connectivity index (χ1) is 12.7. The number of aromatic hydroxyl groups is 1. The first-order valence-electron chi connectivity index (χ1n) is 8.52. The van der Waals surface area contributed by atoms with Gasteiger partial charge in [0.2, 0.25) is 0 Å². The van der Waals surface area contributed by atoms with Gasteiger partial charge in [-0.1, -0.05) is 18.2 Å². The van der Waals surface area contributed by atoms with Gasteiger partial charge in [0.25, 0.3) is 0 Å². The second kappa shape index (κ2) is 5.39. The molecule has 1 aliphatic carbocycles. The molecule has 2 N–H and O–H groups in total. The number of aromatic nitrogens is 1. The molecule has 2 aliphatic rings. The topological polar surface area (TPSA) is 71.5 Å². The molecule has 1 aromatic heterocycles. The second-order valence-electron chi connectivity index (χ2n) is 6.71. The fourth-order valence-electron chi connectivity index (χ4n) is 4.18. The average molecular weight is 347 g/mol. The van der Waals surface area contributed by atoms with Crippen molar-refractivity contribution in [3.05, 3.63) is 70.4 Å². The Morgan fingerprint density at radius 2 is 2.12 bits per heavy atom. The minimum Gasteiger partial charge on any atom is -0.504 e. The SMILES string of the molecule is COc1cc(C2C3=C(COC3=O)Cc3ccc4cc[nH]c4c32)ccc1O. The molecule has 0 fully saturated rings. The Morgan fingerprint density at radius 3 is 2.96 bits per heavy atom. The van der Waals surface area contributed by atoms with Gasteiger partial charge in [-0.3, -0.25) is 0 Å². The Hall–Kier alpha value is -3.21. The van der Waals surface area contributed by atoms with Gasteiger partial charge in [0, 0.05) is 17.6 Å². The fraction of sp³-hybridized carbons (Fsp3) is 0.190. The molecular formula is C21H17NO4. The van der Waals surface area contributed by atoms with Crippen molar-refractivity contribution in [3.8, 4) is 11.5 Å². The van der Waals surface area contributed by atoms with Crippen molar-refractivity contribution < 1.29 is 19.4 Å². The number of aromatic amines is 1. The van der Waals surface area contributed by atoms with Crippen LogP contribution in [0.25, 0.3) is 10.9 Å². The van der Waals surface area contributed by atoms with E-state index in [4.69, 9.17) is 9.47 Å². The summed E-state index contributed by atoms with van der Waals surface area (Å²) in [5.74, 6) is -0.0396. The van der Waals surface area contributed by atoms with E-state index in [-0.39, 0.29) is 17.6 Å². The third kappa shape index (κ3) is 2.00. The molecule has 2 aromatic carbocycles. The summed E-state index contributed by atoms with van der Waals surface area (Å²) in [7, 11) is 1.52. The van der Waals surface area contributed by atoms with Crippen LogP contribution in [0.2, 0.25) is 0 Å². The summed E-state index contributed by atoms with van der Waals surface area (Å²) in [6.45, 7) is 0.349. The van der Waals surface area contributed by atoms with Crippen molar-refractivity contribution in [2.24, 2.45) is 0 Å². The zero-order valence-electron chi connectivity index (χ0n) is 14.2. The van der Waals surface area contributed by atoms with Crippen LogP contribution < -0.4 is 4.74 Å². The number of hydrogen-bond acceptors (Lipinski definition) is 4. The van der Waals surface area contributed by atoms with E-state index >= 15 is 0 Å². The molecule has 0 amide bonds. The van der Waals surface area contributed by atoms with Crippen molar-refractivity contribution >= 4 is 16.9 Å². The van der Waals surface area contributed by atoms with Crippen LogP contribution in [0, 0.1) is 0 Å². The summed E-state index contributed by atoms with van der Waals surface area (Å²) >= 11 is 0. The number of ether oxygens (including phenoxy) is 2. The second-order valence-corrected chi connectivity index (χ2v) is 6.71. The summed E-state index contributed by atoms with van der Waals surface area (Å²) in [5.41, 5.74) is 5.96. The van der Waals surface area contributed by atoms with Crippen LogP contribution in [0.1, 0.15) is 22.6 Å². The molecule has 5 nitrogen and oxygen atoms in total. The molecule has 1 atom stereocenters. The molecule has 26 heavy (non-hydrogen) atoms. The van der Waals surface area contributed by atoms with E-state index in [1.807, 2.05) is 18.3 Å². The van der Waals surface area contributed by atoms with E-state index in [0.29, 0.717) is 17.9 Å². The number of phenols is 1. The summed E-state index contributed by atoms with van der Waals surface area (Å²) in [5, 5.41) is 11.1. The number of benzene rings is 2. The largest absolute Gasteiger partial charge is 0.504 e. The lowest BCUT2D eigenvalue weighted by molar-refractivity contribution is -0.136. The predicted octanol–water partition coefficient (Wildman–Crippen LogP) is 3.42. The minimum absolute atomic E-state index is 0.0774. The van der Waals surface area contributed by atoms with E-state index in [2.05, 4.69) is 17.1 Å². The number of hydrogen-bond donors (Lipinski definition) is 2. The van der Waals surface area contributed by atoms with Gasteiger partial charge in [-0.05, 0) is 52.3 Å². The zero-order valence-corrected chi connectivity index (χ0v) is 14.2. The summed E-state index contributed by atoms with van der Waals surface area (Å²) in [4.78, 5) is 15.9. The maximum Gasteiger partial charge on any atom is 0.335 e. The number of phenolic OH excluding ortho intramolecular Hbond substituents is 1. The van der Waals surface area contributed by atoms with Crippen LogP contribution in [0.4, 0.5) is 0 Å². The summed E-state index contributed by atoms with van der Waals surface area (Å²) < 4.78 is 10.6. The standard InChI is InChI=1S/C21H17NO4/c1-25-16-9-13(4-5-15(16)23)17-18-12(3-2-11-6-7-22-20(11)18)8-14-10-26-21(24)19(14)17/h2-7,9,17,22-23H,8,10H2,1H3. The summed E-state index contributed by atoms with van der Waals surface area (Å²) in [6.07, 6.45) is 2.63. The molecule has 0 saturated heterocycles. The lowest BCUT2D eigenvalue weighted by atomic mass is 9.74. The number of H-pyrrole nitrogens is 1. The molecule has 1 unspecified atom stereocenters. The van der Waals surface area contributed by atoms with Crippen LogP contribution >= 0.6 is 0 Å². The highest BCUT2D eigenvalue weighted by Crippen LogP contribution is 2.47. The number of fused-ring (bicyclic) bond motifs is 3. The average Bonchev–Trinajstić information content (AvgIpc) is 3.27. The molecule has 5 heteroatoms. The van der Waals surface area contributed by atoms with Gasteiger partial charge >= 0.3 is 5.97 Å². The molecule has 0 saturated carbocycles. The Kier molecular flexibility index (Phi) is 3.13. The van der Waals surface area contributed by atoms with Gasteiger partial charge < -0.3 is 19.6 Å². The molecule has 2 heterocycles. The lowest BCUT2D eigenvalue weighted by Crippen LogP contribution is -2.18. The number of rotatable bonds is 2. The lowest BCUT2D eigenvalue weighted by Gasteiger charge is -2.27. The van der Waals surface area contributed by atoms with Gasteiger partial charge in [-0.15, -0.1) is 0 Å². The van der Waals surface area contributed by atoms with Crippen molar-refractivity contribution in [1.82, 2.24) is 4.98 Å². The van der Waals surface area contributed by atoms with E-state index < -0.39 is 0 Å². The van der Waals surface area contributed by atoms with Crippen LogP contribution in [0.15, 0.2) is 53.7 Å². The third-order valence-electron chi connectivity index (χ3n) is 5.36. The first kappa shape index (κ1) is 15.1. The van der Waals surface area contributed by atoms with Crippen molar-refractivity contribution in [3.63, 3.8) is 0 Å². The molecule has 5 rings (SSSR count). The van der Waals surface area contributed by atoms with E-state index in [9.17, 15) is 9.90 Å². The Morgan fingerprint density at radius 1 is 1.23 bits per heavy atom. The number of esters is 1. The Bertz CT molecular complexity index is 1090. The minimum atomic E-state index is -0.258. The number of nitrogens with one attached hydrogen (secondary N) is 1. The third-order valence-corrected chi connectivity index (χ3v) is 5.36. The van der Waals surface area contributed by atoms with Crippen molar-refractivity contribution in [2.75, 3.05) is 13.7 Å². The maximum atomic E-state index is 12.5. The van der Waals surface area contributed by atoms with Gasteiger partial charge in [0.15, 0.2) is 11.5 Å². The number of carbonyl (C=O) groups is 1. The molecule has 3 aromatic rings. The number of carbonyl (C=O) groups excluding carboxylic acids is 1. The van der Waals surface area contributed by atoms with E-state index in [1.165, 1.54) is 12.7 Å². The quantitative estimate of drug-likeness (QED) is 0.697. The highest BCUT2D eigenvalue weighted by atomic mass is 16.5. The van der Waals surface area contributed by atoms with Crippen LogP contribution in [-0.4, -0.2) is 29.8 Å². The Balaban J connectivity index is 1.81.